The van der Waals surface area contributed by atoms with Gasteiger partial charge in [-0.25, -0.2) is 23.2 Å². The molecule has 1 aliphatic rings. The van der Waals surface area contributed by atoms with E-state index in [-0.39, 0.29) is 33.6 Å². The number of hydrogen-bond acceptors (Lipinski definition) is 7. The number of fused-ring (bicyclic) bond motifs is 2. The average Bonchev–Trinajstić information content (AvgIpc) is 3.43. The number of nitrogens with one attached hydrogen (secondary N) is 3. The van der Waals surface area contributed by atoms with Crippen molar-refractivity contribution < 1.29 is 37.4 Å². The lowest BCUT2D eigenvalue weighted by molar-refractivity contribution is 0.0558. The Kier molecular flexibility index (Phi) is 7.36. The van der Waals surface area contributed by atoms with Crippen molar-refractivity contribution >= 4 is 40.3 Å². The van der Waals surface area contributed by atoms with E-state index in [1.807, 2.05) is 12.1 Å². The quantitative estimate of drug-likeness (QED) is 0.180. The van der Waals surface area contributed by atoms with E-state index in [0.29, 0.717) is 11.1 Å². The molecule has 4 aromatic rings. The zero-order valence-corrected chi connectivity index (χ0v) is 23.6. The molecule has 9 nitrogen and oxygen atoms in total. The fourth-order valence-corrected chi connectivity index (χ4v) is 5.60. The predicted octanol–water partition coefficient (Wildman–Crippen LogP) is 6.61. The van der Waals surface area contributed by atoms with Crippen molar-refractivity contribution in [1.82, 2.24) is 4.98 Å². The van der Waals surface area contributed by atoms with Crippen molar-refractivity contribution in [2.75, 3.05) is 24.9 Å². The number of aromatic amines is 1. The highest BCUT2D eigenvalue weighted by atomic mass is 19.1. The van der Waals surface area contributed by atoms with E-state index in [0.717, 1.165) is 5.39 Å². The van der Waals surface area contributed by atoms with Gasteiger partial charge in [0.25, 0.3) is 0 Å². The summed E-state index contributed by atoms with van der Waals surface area (Å²) in [7, 11) is 2.36. The second-order valence-electron chi connectivity index (χ2n) is 10.6. The summed E-state index contributed by atoms with van der Waals surface area (Å²) in [4.78, 5) is 40.4. The molecule has 0 fully saturated rings. The fraction of sp³-hybridized carbons (Fsp3) is 0.258. The molecular weight excluding hydrogens is 548 g/mol. The minimum atomic E-state index is -0.936. The summed E-state index contributed by atoms with van der Waals surface area (Å²) in [5.41, 5.74) is 0.369. The Morgan fingerprint density at radius 2 is 1.62 bits per heavy atom. The third-order valence-electron chi connectivity index (χ3n) is 7.45. The number of carbonyl (C=O) groups is 3. The van der Waals surface area contributed by atoms with Crippen LogP contribution in [0.5, 0.6) is 0 Å². The predicted molar refractivity (Wildman–Crippen MR) is 153 cm³/mol. The Hall–Kier alpha value is -4.93. The maximum absolute atomic E-state index is 16.3. The molecular formula is C31H29F2N3O6. The first-order valence-corrected chi connectivity index (χ1v) is 13.1. The number of ether oxygens (including phenoxy) is 3. The summed E-state index contributed by atoms with van der Waals surface area (Å²) in [5.74, 6) is -3.64. The number of aromatic nitrogens is 1. The van der Waals surface area contributed by atoms with Crippen molar-refractivity contribution in [2.24, 2.45) is 0 Å². The van der Waals surface area contributed by atoms with E-state index in [4.69, 9.17) is 14.2 Å². The van der Waals surface area contributed by atoms with Crippen LogP contribution in [0.2, 0.25) is 0 Å². The smallest absolute Gasteiger partial charge is 0.412 e. The molecule has 218 valence electrons. The number of hydrogen-bond donors (Lipinski definition) is 3. The van der Waals surface area contributed by atoms with Crippen LogP contribution in [0, 0.1) is 11.6 Å². The van der Waals surface area contributed by atoms with Gasteiger partial charge in [0, 0.05) is 34.6 Å². The highest BCUT2D eigenvalue weighted by Crippen LogP contribution is 2.46. The summed E-state index contributed by atoms with van der Waals surface area (Å²) in [6.45, 7) is 5.20. The summed E-state index contributed by atoms with van der Waals surface area (Å²) in [6, 6.07) is 12.2. The summed E-state index contributed by atoms with van der Waals surface area (Å²) in [5, 5.41) is 6.46. The zero-order chi connectivity index (χ0) is 30.3. The van der Waals surface area contributed by atoms with Crippen LogP contribution in [0.1, 0.15) is 53.0 Å². The molecule has 1 amide bonds. The van der Waals surface area contributed by atoms with E-state index >= 15 is 8.78 Å². The number of benzene rings is 3. The number of esters is 2. The van der Waals surface area contributed by atoms with Gasteiger partial charge < -0.3 is 24.5 Å². The lowest BCUT2D eigenvalue weighted by Gasteiger charge is -2.44. The van der Waals surface area contributed by atoms with E-state index in [2.05, 4.69) is 15.6 Å². The third kappa shape index (κ3) is 5.02. The van der Waals surface area contributed by atoms with Crippen molar-refractivity contribution in [3.8, 4) is 11.1 Å². The number of amides is 1. The molecule has 0 spiro atoms. The fourth-order valence-electron chi connectivity index (χ4n) is 5.60. The van der Waals surface area contributed by atoms with Crippen LogP contribution in [0.3, 0.4) is 0 Å². The van der Waals surface area contributed by atoms with Gasteiger partial charge in [-0.05, 0) is 49.6 Å². The van der Waals surface area contributed by atoms with E-state index in [1.54, 1.807) is 39.1 Å². The summed E-state index contributed by atoms with van der Waals surface area (Å²) >= 11 is 0. The monoisotopic (exact) mass is 577 g/mol. The molecule has 0 saturated heterocycles. The van der Waals surface area contributed by atoms with Gasteiger partial charge >= 0.3 is 18.0 Å². The first kappa shape index (κ1) is 28.6. The average molecular weight is 578 g/mol. The number of H-pyrrole nitrogens is 1. The maximum atomic E-state index is 16.3. The first-order chi connectivity index (χ1) is 19.9. The highest BCUT2D eigenvalue weighted by Gasteiger charge is 2.45. The largest absolute Gasteiger partial charge is 0.465 e. The molecule has 2 heterocycles. The van der Waals surface area contributed by atoms with Gasteiger partial charge in [-0.3, -0.25) is 5.32 Å². The first-order valence-electron chi connectivity index (χ1n) is 13.1. The molecule has 3 N–H and O–H groups in total. The van der Waals surface area contributed by atoms with Gasteiger partial charge in [0.1, 0.15) is 17.7 Å². The van der Waals surface area contributed by atoms with Crippen LogP contribution in [0.25, 0.3) is 22.0 Å². The molecule has 5 rings (SSSR count). The Morgan fingerprint density at radius 3 is 2.26 bits per heavy atom. The van der Waals surface area contributed by atoms with Crippen LogP contribution < -0.4 is 10.6 Å². The lowest BCUT2D eigenvalue weighted by Crippen LogP contribution is -2.52. The van der Waals surface area contributed by atoms with Gasteiger partial charge in [-0.1, -0.05) is 25.1 Å². The van der Waals surface area contributed by atoms with Crippen molar-refractivity contribution in [1.29, 1.82) is 0 Å². The van der Waals surface area contributed by atoms with Gasteiger partial charge in [0.2, 0.25) is 0 Å². The Morgan fingerprint density at radius 1 is 0.952 bits per heavy atom. The Labute approximate surface area is 240 Å². The number of rotatable bonds is 5. The van der Waals surface area contributed by atoms with Gasteiger partial charge in [0.15, 0.2) is 0 Å². The number of carbonyl (C=O) groups excluding carboxylic acids is 3. The minimum absolute atomic E-state index is 0.00590. The molecule has 0 radical (unpaired) electrons. The molecule has 2 atom stereocenters. The standard InChI is InChI=1S/C31H29F2N3O6/c1-15-23-22(14-21(32)24(25(23)33)20-8-6-7-16-9-10-34-26(16)20)36-31(2,3)27(15)42-30(39)35-19-12-17(28(37)40-4)11-18(13-19)29(38)41-5/h6-15,27,34,36H,1-5H3,(H,35,39). The molecule has 2 unspecified atom stereocenters. The Bertz CT molecular complexity index is 1700. The number of halogens is 2. The molecule has 1 aromatic heterocycles. The number of anilines is 2. The van der Waals surface area contributed by atoms with Gasteiger partial charge in [-0.2, -0.15) is 0 Å². The zero-order valence-electron chi connectivity index (χ0n) is 23.6. The van der Waals surface area contributed by atoms with Crippen LogP contribution >= 0.6 is 0 Å². The normalized spacial score (nSPS) is 17.1. The molecule has 1 aliphatic heterocycles. The van der Waals surface area contributed by atoms with Crippen LogP contribution in [-0.4, -0.2) is 48.9 Å². The lowest BCUT2D eigenvalue weighted by atomic mass is 9.77. The van der Waals surface area contributed by atoms with Crippen LogP contribution in [0.15, 0.2) is 54.7 Å². The molecule has 0 aliphatic carbocycles. The molecule has 3 aromatic carbocycles. The SMILES string of the molecule is COC(=O)c1cc(NC(=O)OC2C(C)c3c(cc(F)c(-c4cccc5cc[nH]c45)c3F)NC2(C)C)cc(C(=O)OC)c1. The molecule has 11 heteroatoms. The van der Waals surface area contributed by atoms with Crippen molar-refractivity contribution in [3.63, 3.8) is 0 Å². The second-order valence-corrected chi connectivity index (χ2v) is 10.6. The molecule has 0 bridgehead atoms. The highest BCUT2D eigenvalue weighted by molar-refractivity contribution is 5.99. The van der Waals surface area contributed by atoms with Crippen LogP contribution in [-0.2, 0) is 14.2 Å². The maximum Gasteiger partial charge on any atom is 0.412 e. The van der Waals surface area contributed by atoms with Crippen molar-refractivity contribution in [2.45, 2.75) is 38.3 Å². The van der Waals surface area contributed by atoms with Crippen LogP contribution in [0.4, 0.5) is 25.0 Å². The van der Waals surface area contributed by atoms with E-state index in [1.165, 1.54) is 38.5 Å². The number of methoxy groups -OCH3 is 2. The van der Waals surface area contributed by atoms with Gasteiger partial charge in [0.05, 0.1) is 42.0 Å². The second kappa shape index (κ2) is 10.8. The summed E-state index contributed by atoms with van der Waals surface area (Å²) < 4.78 is 47.0. The third-order valence-corrected chi connectivity index (χ3v) is 7.45. The minimum Gasteiger partial charge on any atom is -0.465 e. The van der Waals surface area contributed by atoms with Gasteiger partial charge in [-0.15, -0.1) is 0 Å². The summed E-state index contributed by atoms with van der Waals surface area (Å²) in [6.07, 6.45) is -0.128. The molecule has 0 saturated carbocycles. The molecule has 42 heavy (non-hydrogen) atoms. The van der Waals surface area contributed by atoms with Crippen molar-refractivity contribution in [3.05, 3.63) is 83.1 Å². The van der Waals surface area contributed by atoms with E-state index < -0.39 is 47.2 Å². The topological polar surface area (TPSA) is 119 Å². The Balaban J connectivity index is 1.48. The van der Waals surface area contributed by atoms with E-state index in [9.17, 15) is 14.4 Å². The number of para-hydroxylation sites is 1.